The maximum absolute atomic E-state index is 13.0. The zero-order chi connectivity index (χ0) is 27.6. The zero-order valence-corrected chi connectivity index (χ0v) is 22.7. The van der Waals surface area contributed by atoms with Crippen molar-refractivity contribution >= 4 is 39.8 Å². The number of aromatic nitrogens is 1. The second kappa shape index (κ2) is 10.7. The van der Waals surface area contributed by atoms with Crippen LogP contribution in [0.1, 0.15) is 40.0 Å². The maximum atomic E-state index is 13.0. The molecule has 5 aromatic rings. The molecule has 0 fully saturated rings. The predicted octanol–water partition coefficient (Wildman–Crippen LogP) is 7.74. The summed E-state index contributed by atoms with van der Waals surface area (Å²) in [5.74, 6) is 1.52. The van der Waals surface area contributed by atoms with Crippen molar-refractivity contribution in [2.45, 2.75) is 19.8 Å². The van der Waals surface area contributed by atoms with Crippen LogP contribution in [0.4, 0.5) is 17.2 Å². The molecule has 0 radical (unpaired) electrons. The summed E-state index contributed by atoms with van der Waals surface area (Å²) in [6.45, 7) is 4.10. The van der Waals surface area contributed by atoms with E-state index >= 15 is 0 Å². The number of anilines is 2. The van der Waals surface area contributed by atoms with Crippen LogP contribution in [-0.4, -0.2) is 30.5 Å². The molecule has 0 aliphatic carbocycles. The van der Waals surface area contributed by atoms with E-state index in [0.29, 0.717) is 5.82 Å². The minimum absolute atomic E-state index is 0.206. The highest BCUT2D eigenvalue weighted by atomic mass is 16.5. The van der Waals surface area contributed by atoms with Crippen LogP contribution in [0, 0.1) is 6.92 Å². The van der Waals surface area contributed by atoms with E-state index in [2.05, 4.69) is 29.2 Å². The van der Waals surface area contributed by atoms with Gasteiger partial charge in [0.2, 0.25) is 0 Å². The van der Waals surface area contributed by atoms with Gasteiger partial charge < -0.3 is 9.47 Å². The van der Waals surface area contributed by atoms with Crippen LogP contribution in [0.5, 0.6) is 5.75 Å². The number of benzene rings is 4. The van der Waals surface area contributed by atoms with Crippen LogP contribution < -0.4 is 9.64 Å². The maximum Gasteiger partial charge on any atom is 0.357 e. The molecule has 2 heterocycles. The molecule has 6 heteroatoms. The van der Waals surface area contributed by atoms with Crippen LogP contribution in [-0.2, 0) is 4.74 Å². The number of aryl methyl sites for hydroxylation is 1. The Morgan fingerprint density at radius 2 is 1.52 bits per heavy atom. The molecule has 0 amide bonds. The number of ether oxygens (including phenoxy) is 2. The van der Waals surface area contributed by atoms with Gasteiger partial charge >= 0.3 is 5.97 Å². The highest BCUT2D eigenvalue weighted by Crippen LogP contribution is 2.46. The molecule has 1 aromatic heterocycles. The molecule has 0 saturated carbocycles. The highest BCUT2D eigenvalue weighted by molar-refractivity contribution is 6.20. The number of methoxy groups -OCH3 is 1. The Hall–Kier alpha value is -4.97. The zero-order valence-electron chi connectivity index (χ0n) is 22.7. The molecule has 0 N–H and O–H groups in total. The van der Waals surface area contributed by atoms with Crippen molar-refractivity contribution in [1.82, 2.24) is 4.98 Å². The number of pyridine rings is 1. The van der Waals surface area contributed by atoms with Crippen LogP contribution in [0.2, 0.25) is 0 Å². The largest absolute Gasteiger partial charge is 0.497 e. The Labute approximate surface area is 233 Å². The predicted molar refractivity (Wildman–Crippen MR) is 159 cm³/mol. The molecule has 0 bridgehead atoms. The smallest absolute Gasteiger partial charge is 0.357 e. The first-order valence-electron chi connectivity index (χ1n) is 13.3. The second-order valence-electron chi connectivity index (χ2n) is 9.63. The van der Waals surface area contributed by atoms with E-state index in [9.17, 15) is 4.79 Å². The van der Waals surface area contributed by atoms with Crippen LogP contribution in [0.25, 0.3) is 10.8 Å². The van der Waals surface area contributed by atoms with Crippen molar-refractivity contribution in [2.24, 2.45) is 4.99 Å². The minimum atomic E-state index is -0.452. The highest BCUT2D eigenvalue weighted by Gasteiger charge is 2.34. The molecular weight excluding hydrogens is 498 g/mol. The number of esters is 1. The molecule has 6 nitrogen and oxygen atoms in total. The molecule has 1 aliphatic heterocycles. The van der Waals surface area contributed by atoms with Gasteiger partial charge in [-0.05, 0) is 72.3 Å². The lowest BCUT2D eigenvalue weighted by Crippen LogP contribution is -2.34. The van der Waals surface area contributed by atoms with Crippen molar-refractivity contribution in [3.05, 3.63) is 126 Å². The average Bonchev–Trinajstić information content (AvgIpc) is 3.00. The Balaban J connectivity index is 1.67. The number of hydrogen-bond acceptors (Lipinski definition) is 6. The Bertz CT molecular complexity index is 1680. The van der Waals surface area contributed by atoms with E-state index in [1.807, 2.05) is 85.8 Å². The normalized spacial score (nSPS) is 12.4. The van der Waals surface area contributed by atoms with E-state index in [0.717, 1.165) is 50.4 Å². The van der Waals surface area contributed by atoms with Crippen molar-refractivity contribution < 1.29 is 14.3 Å². The third-order valence-corrected chi connectivity index (χ3v) is 7.19. The molecule has 198 valence electrons. The first-order valence-corrected chi connectivity index (χ1v) is 13.3. The first kappa shape index (κ1) is 25.3. The summed E-state index contributed by atoms with van der Waals surface area (Å²) in [6, 6.07) is 34.4. The lowest BCUT2D eigenvalue weighted by Gasteiger charge is -2.35. The van der Waals surface area contributed by atoms with E-state index in [-0.39, 0.29) is 18.2 Å². The summed E-state index contributed by atoms with van der Waals surface area (Å²) in [6.07, 6.45) is 0. The number of rotatable bonds is 7. The third-order valence-electron chi connectivity index (χ3n) is 7.19. The number of carbonyl (C=O) groups is 1. The topological polar surface area (TPSA) is 64.0 Å². The monoisotopic (exact) mass is 527 g/mol. The molecule has 40 heavy (non-hydrogen) atoms. The number of carbonyl (C=O) groups excluding carboxylic acids is 1. The van der Waals surface area contributed by atoms with Gasteiger partial charge in [-0.25, -0.2) is 14.8 Å². The minimum Gasteiger partial charge on any atom is -0.497 e. The van der Waals surface area contributed by atoms with Gasteiger partial charge in [-0.15, -0.1) is 0 Å². The Morgan fingerprint density at radius 3 is 2.12 bits per heavy atom. The second-order valence-corrected chi connectivity index (χ2v) is 9.63. The molecule has 6 rings (SSSR count). The third kappa shape index (κ3) is 4.47. The van der Waals surface area contributed by atoms with Gasteiger partial charge in [0, 0.05) is 5.69 Å². The van der Waals surface area contributed by atoms with Crippen LogP contribution in [0.15, 0.2) is 108 Å². The summed E-state index contributed by atoms with van der Waals surface area (Å²) in [4.78, 5) is 25.4. The number of aliphatic imine (C=N–C) groups is 1. The van der Waals surface area contributed by atoms with Crippen molar-refractivity contribution in [1.29, 1.82) is 0 Å². The average molecular weight is 528 g/mol. The van der Waals surface area contributed by atoms with Crippen LogP contribution in [0.3, 0.4) is 0 Å². The van der Waals surface area contributed by atoms with E-state index in [1.54, 1.807) is 14.0 Å². The SMILES string of the molecule is CCOC(=O)c1cc2c(C)ccc3c2c(n1)N(c1ccc(OC)cc1)C(C(c1ccccc1)c1ccccc1)=N3. The number of amidine groups is 1. The van der Waals surface area contributed by atoms with Gasteiger partial charge in [-0.1, -0.05) is 66.7 Å². The summed E-state index contributed by atoms with van der Waals surface area (Å²) in [7, 11) is 1.65. The van der Waals surface area contributed by atoms with E-state index < -0.39 is 5.97 Å². The fourth-order valence-electron chi connectivity index (χ4n) is 5.28. The van der Waals surface area contributed by atoms with E-state index in [4.69, 9.17) is 19.5 Å². The number of hydrogen-bond donors (Lipinski definition) is 0. The van der Waals surface area contributed by atoms with Crippen molar-refractivity contribution in [3.63, 3.8) is 0 Å². The lowest BCUT2D eigenvalue weighted by atomic mass is 9.88. The molecule has 1 aliphatic rings. The van der Waals surface area contributed by atoms with Gasteiger partial charge in [0.1, 0.15) is 17.4 Å². The molecular formula is C34H29N3O3. The van der Waals surface area contributed by atoms with Crippen molar-refractivity contribution in [2.75, 3.05) is 18.6 Å². The van der Waals surface area contributed by atoms with Crippen LogP contribution >= 0.6 is 0 Å². The van der Waals surface area contributed by atoms with E-state index in [1.165, 1.54) is 0 Å². The van der Waals surface area contributed by atoms with Gasteiger partial charge in [-0.2, -0.15) is 0 Å². The van der Waals surface area contributed by atoms with Crippen molar-refractivity contribution in [3.8, 4) is 5.75 Å². The fourth-order valence-corrected chi connectivity index (χ4v) is 5.28. The number of nitrogens with zero attached hydrogens (tertiary/aromatic N) is 3. The summed E-state index contributed by atoms with van der Waals surface area (Å²) < 4.78 is 10.8. The summed E-state index contributed by atoms with van der Waals surface area (Å²) in [5, 5.41) is 1.82. The summed E-state index contributed by atoms with van der Waals surface area (Å²) >= 11 is 0. The standard InChI is InChI=1S/C34H29N3O3/c1-4-40-34(38)29-21-27-22(2)15-20-28-31(27)33(36-29)37(25-16-18-26(39-3)19-17-25)32(35-28)30(23-11-7-5-8-12-23)24-13-9-6-10-14-24/h5-21,30H,4H2,1-3H3. The van der Waals surface area contributed by atoms with Gasteiger partial charge in [0.15, 0.2) is 5.69 Å². The molecule has 0 saturated heterocycles. The van der Waals surface area contributed by atoms with Gasteiger partial charge in [0.05, 0.1) is 30.7 Å². The Morgan fingerprint density at radius 1 is 0.875 bits per heavy atom. The molecule has 0 spiro atoms. The van der Waals surface area contributed by atoms with Gasteiger partial charge in [-0.3, -0.25) is 4.90 Å². The molecule has 4 aromatic carbocycles. The fraction of sp³-hybridized carbons (Fsp3) is 0.147. The van der Waals surface area contributed by atoms with Gasteiger partial charge in [0.25, 0.3) is 0 Å². The molecule has 0 unspecified atom stereocenters. The first-order chi connectivity index (χ1) is 19.6. The quantitative estimate of drug-likeness (QED) is 0.203. The summed E-state index contributed by atoms with van der Waals surface area (Å²) in [5.41, 5.74) is 5.16. The molecule has 0 atom stereocenters. The lowest BCUT2D eigenvalue weighted by molar-refractivity contribution is 0.0520. The Kier molecular flexibility index (Phi) is 6.74.